The topological polar surface area (TPSA) is 60.7 Å². The highest BCUT2D eigenvalue weighted by Gasteiger charge is 2.26. The van der Waals surface area contributed by atoms with Gasteiger partial charge in [-0.15, -0.1) is 0 Å². The largest absolute Gasteiger partial charge is 0.508 e. The first-order valence-corrected chi connectivity index (χ1v) is 8.76. The molecule has 0 saturated heterocycles. The Kier molecular flexibility index (Phi) is 5.17. The van der Waals surface area contributed by atoms with Gasteiger partial charge in [0.25, 0.3) is 0 Å². The Labute approximate surface area is 154 Å². The van der Waals surface area contributed by atoms with Crippen LogP contribution in [0.4, 0.5) is 0 Å². The molecule has 0 aliphatic rings. The van der Waals surface area contributed by atoms with Gasteiger partial charge in [0.1, 0.15) is 17.2 Å². The van der Waals surface area contributed by atoms with E-state index in [0.29, 0.717) is 0 Å². The van der Waals surface area contributed by atoms with Gasteiger partial charge in [0, 0.05) is 0 Å². The van der Waals surface area contributed by atoms with E-state index >= 15 is 0 Å². The van der Waals surface area contributed by atoms with Crippen molar-refractivity contribution < 1.29 is 15.3 Å². The van der Waals surface area contributed by atoms with E-state index < -0.39 is 0 Å². The zero-order valence-electron chi connectivity index (χ0n) is 14.9. The van der Waals surface area contributed by atoms with E-state index in [0.717, 1.165) is 19.3 Å². The van der Waals surface area contributed by atoms with Crippen molar-refractivity contribution in [1.29, 1.82) is 0 Å². The Morgan fingerprint density at radius 1 is 0.500 bits per heavy atom. The summed E-state index contributed by atoms with van der Waals surface area (Å²) in [5.41, 5.74) is 3.46. The highest BCUT2D eigenvalue weighted by Crippen LogP contribution is 2.33. The van der Waals surface area contributed by atoms with Crippen molar-refractivity contribution in [3.63, 3.8) is 0 Å². The van der Waals surface area contributed by atoms with Gasteiger partial charge in [0.15, 0.2) is 0 Å². The zero-order valence-corrected chi connectivity index (χ0v) is 14.9. The fourth-order valence-electron chi connectivity index (χ4n) is 3.51. The minimum atomic E-state index is -0.0507. The van der Waals surface area contributed by atoms with Crippen LogP contribution in [0.15, 0.2) is 72.8 Å². The normalized spacial score (nSPS) is 11.4. The Morgan fingerprint density at radius 2 is 0.731 bits per heavy atom. The predicted octanol–water partition coefficient (Wildman–Crippen LogP) is 4.84. The highest BCUT2D eigenvalue weighted by molar-refractivity contribution is 5.31. The Bertz CT molecular complexity index is 718. The summed E-state index contributed by atoms with van der Waals surface area (Å²) < 4.78 is 0. The van der Waals surface area contributed by atoms with E-state index in [1.54, 1.807) is 36.4 Å². The molecule has 26 heavy (non-hydrogen) atoms. The van der Waals surface area contributed by atoms with Crippen LogP contribution in [0.3, 0.4) is 0 Å². The minimum Gasteiger partial charge on any atom is -0.508 e. The Hall–Kier alpha value is -2.94. The highest BCUT2D eigenvalue weighted by atomic mass is 16.3. The maximum Gasteiger partial charge on any atom is 0.115 e. The molecule has 134 valence electrons. The number of hydrogen-bond donors (Lipinski definition) is 3. The van der Waals surface area contributed by atoms with Crippen molar-refractivity contribution in [3.8, 4) is 17.2 Å². The smallest absolute Gasteiger partial charge is 0.115 e. The van der Waals surface area contributed by atoms with Gasteiger partial charge in [-0.1, -0.05) is 43.3 Å². The zero-order chi connectivity index (χ0) is 18.6. The van der Waals surface area contributed by atoms with E-state index in [2.05, 4.69) is 6.92 Å². The number of aromatic hydroxyl groups is 3. The minimum absolute atomic E-state index is 0.0507. The van der Waals surface area contributed by atoms with Crippen molar-refractivity contribution >= 4 is 0 Å². The molecule has 0 bridgehead atoms. The third-order valence-electron chi connectivity index (χ3n) is 4.70. The third kappa shape index (κ3) is 4.79. The van der Waals surface area contributed by atoms with Gasteiger partial charge < -0.3 is 15.3 Å². The second kappa shape index (κ2) is 7.52. The summed E-state index contributed by atoms with van der Waals surface area (Å²) in [5, 5.41) is 28.6. The molecule has 0 atom stereocenters. The van der Waals surface area contributed by atoms with Crippen LogP contribution in [-0.2, 0) is 19.3 Å². The second-order valence-corrected chi connectivity index (χ2v) is 7.34. The molecule has 0 radical (unpaired) electrons. The number of phenols is 3. The van der Waals surface area contributed by atoms with E-state index in [-0.39, 0.29) is 22.7 Å². The van der Waals surface area contributed by atoms with Gasteiger partial charge in [0.2, 0.25) is 0 Å². The van der Waals surface area contributed by atoms with Crippen LogP contribution in [0.25, 0.3) is 0 Å². The van der Waals surface area contributed by atoms with Crippen LogP contribution >= 0.6 is 0 Å². The van der Waals surface area contributed by atoms with Gasteiger partial charge in [-0.05, 0) is 77.8 Å². The average molecular weight is 348 g/mol. The number of phenolic OH excluding ortho intramolecular Hbond substituents is 3. The Morgan fingerprint density at radius 3 is 0.962 bits per heavy atom. The van der Waals surface area contributed by atoms with Gasteiger partial charge in [-0.2, -0.15) is 0 Å². The summed E-state index contributed by atoms with van der Waals surface area (Å²) >= 11 is 0. The monoisotopic (exact) mass is 348 g/mol. The molecule has 0 saturated carbocycles. The maximum atomic E-state index is 9.53. The molecule has 3 rings (SSSR count). The summed E-state index contributed by atoms with van der Waals surface area (Å²) in [6.45, 7) is 2.25. The second-order valence-electron chi connectivity index (χ2n) is 7.34. The first-order chi connectivity index (χ1) is 12.4. The summed E-state index contributed by atoms with van der Waals surface area (Å²) in [5.74, 6) is 0.813. The van der Waals surface area contributed by atoms with Crippen LogP contribution in [0.5, 0.6) is 17.2 Å². The van der Waals surface area contributed by atoms with Crippen LogP contribution in [-0.4, -0.2) is 15.3 Å². The standard InChI is InChI=1S/C23H24O3/c1-23(14-17-2-8-20(24)9-3-17,15-18-4-10-21(25)11-5-18)16-19-6-12-22(26)13-7-19/h2-13,24-26H,14-16H2,1H3. The molecule has 3 heteroatoms. The quantitative estimate of drug-likeness (QED) is 0.597. The van der Waals surface area contributed by atoms with Crippen molar-refractivity contribution in [3.05, 3.63) is 89.5 Å². The van der Waals surface area contributed by atoms with Crippen molar-refractivity contribution in [1.82, 2.24) is 0 Å². The molecule has 3 N–H and O–H groups in total. The van der Waals surface area contributed by atoms with Crippen molar-refractivity contribution in [2.24, 2.45) is 5.41 Å². The first kappa shape index (κ1) is 17.9. The maximum absolute atomic E-state index is 9.53. The molecule has 0 amide bonds. The van der Waals surface area contributed by atoms with Crippen LogP contribution in [0, 0.1) is 5.41 Å². The van der Waals surface area contributed by atoms with Gasteiger partial charge in [-0.25, -0.2) is 0 Å². The van der Waals surface area contributed by atoms with E-state index in [9.17, 15) is 15.3 Å². The van der Waals surface area contributed by atoms with Crippen LogP contribution in [0.1, 0.15) is 23.6 Å². The third-order valence-corrected chi connectivity index (χ3v) is 4.70. The summed E-state index contributed by atoms with van der Waals surface area (Å²) in [6, 6.07) is 22.1. The fourth-order valence-corrected chi connectivity index (χ4v) is 3.51. The van der Waals surface area contributed by atoms with Crippen LogP contribution in [0.2, 0.25) is 0 Å². The molecular weight excluding hydrogens is 324 g/mol. The summed E-state index contributed by atoms with van der Waals surface area (Å²) in [4.78, 5) is 0. The fraction of sp³-hybridized carbons (Fsp3) is 0.217. The Balaban J connectivity index is 1.86. The molecule has 3 aromatic rings. The lowest BCUT2D eigenvalue weighted by Gasteiger charge is -2.30. The first-order valence-electron chi connectivity index (χ1n) is 8.76. The molecule has 3 aromatic carbocycles. The molecule has 0 unspecified atom stereocenters. The molecule has 0 aliphatic carbocycles. The molecule has 0 aromatic heterocycles. The van der Waals surface area contributed by atoms with Gasteiger partial charge in [0.05, 0.1) is 0 Å². The van der Waals surface area contributed by atoms with Crippen molar-refractivity contribution in [2.75, 3.05) is 0 Å². The lowest BCUT2D eigenvalue weighted by Crippen LogP contribution is -2.25. The van der Waals surface area contributed by atoms with Gasteiger partial charge >= 0.3 is 0 Å². The molecule has 3 nitrogen and oxygen atoms in total. The summed E-state index contributed by atoms with van der Waals surface area (Å²) in [6.07, 6.45) is 2.57. The lowest BCUT2D eigenvalue weighted by molar-refractivity contribution is 0.315. The molecule has 0 heterocycles. The number of rotatable bonds is 6. The molecule has 0 aliphatic heterocycles. The molecule has 0 fully saturated rings. The SMILES string of the molecule is CC(Cc1ccc(O)cc1)(Cc1ccc(O)cc1)Cc1ccc(O)cc1. The van der Waals surface area contributed by atoms with E-state index in [1.807, 2.05) is 36.4 Å². The van der Waals surface area contributed by atoms with Gasteiger partial charge in [-0.3, -0.25) is 0 Å². The van der Waals surface area contributed by atoms with E-state index in [1.165, 1.54) is 16.7 Å². The summed E-state index contributed by atoms with van der Waals surface area (Å²) in [7, 11) is 0. The number of hydrogen-bond acceptors (Lipinski definition) is 3. The molecular formula is C23H24O3. The lowest BCUT2D eigenvalue weighted by atomic mass is 9.74. The van der Waals surface area contributed by atoms with Crippen LogP contribution < -0.4 is 0 Å². The van der Waals surface area contributed by atoms with E-state index in [4.69, 9.17) is 0 Å². The number of benzene rings is 3. The predicted molar refractivity (Wildman–Crippen MR) is 104 cm³/mol. The average Bonchev–Trinajstić information content (AvgIpc) is 2.61. The molecule has 0 spiro atoms. The van der Waals surface area contributed by atoms with Crippen molar-refractivity contribution in [2.45, 2.75) is 26.2 Å².